The molecule has 2 aromatic rings. The molecule has 33 heavy (non-hydrogen) atoms. The van der Waals surface area contributed by atoms with Gasteiger partial charge in [0.25, 0.3) is 11.7 Å². The Bertz CT molecular complexity index is 1100. The number of nitrogens with zero attached hydrogens (tertiary/aromatic N) is 1. The first kappa shape index (κ1) is 23.1. The number of hydrogen-bond donors (Lipinski definition) is 1. The maximum atomic E-state index is 13.2. The number of ketones is 1. The van der Waals surface area contributed by atoms with Crippen LogP contribution in [0.3, 0.4) is 0 Å². The fourth-order valence-corrected chi connectivity index (χ4v) is 4.63. The molecular weight excluding hydrogens is 418 g/mol. The van der Waals surface area contributed by atoms with Crippen molar-refractivity contribution in [3.8, 4) is 5.75 Å². The highest BCUT2D eigenvalue weighted by atomic mass is 16.5. The first-order valence-corrected chi connectivity index (χ1v) is 11.5. The van der Waals surface area contributed by atoms with E-state index in [2.05, 4.69) is 0 Å². The van der Waals surface area contributed by atoms with Gasteiger partial charge in [-0.15, -0.1) is 0 Å². The lowest BCUT2D eigenvalue weighted by Gasteiger charge is -2.28. The first-order chi connectivity index (χ1) is 15.8. The van der Waals surface area contributed by atoms with E-state index in [9.17, 15) is 14.7 Å². The monoisotopic (exact) mass is 449 g/mol. The molecular formula is C27H31NO5. The Kier molecular flexibility index (Phi) is 6.56. The number of benzene rings is 2. The zero-order chi connectivity index (χ0) is 23.7. The summed E-state index contributed by atoms with van der Waals surface area (Å²) in [6.07, 6.45) is 1.70. The third-order valence-electron chi connectivity index (χ3n) is 6.26. The number of aryl methyl sites for hydroxylation is 2. The summed E-state index contributed by atoms with van der Waals surface area (Å²) >= 11 is 0. The molecule has 1 N–H and O–H groups in total. The topological polar surface area (TPSA) is 76.1 Å². The highest BCUT2D eigenvalue weighted by Crippen LogP contribution is 2.41. The van der Waals surface area contributed by atoms with E-state index in [1.807, 2.05) is 52.0 Å². The Morgan fingerprint density at radius 3 is 2.55 bits per heavy atom. The maximum absolute atomic E-state index is 13.2. The van der Waals surface area contributed by atoms with Crippen LogP contribution in [0.15, 0.2) is 48.0 Å². The molecule has 0 aliphatic carbocycles. The number of Topliss-reactive ketones (excluding diaryl/α,β-unsaturated/α-hetero) is 1. The number of aliphatic hydroxyl groups excluding tert-OH is 1. The summed E-state index contributed by atoms with van der Waals surface area (Å²) in [5.74, 6) is -0.720. The van der Waals surface area contributed by atoms with E-state index in [1.165, 1.54) is 0 Å². The molecule has 2 aliphatic heterocycles. The van der Waals surface area contributed by atoms with E-state index < -0.39 is 17.7 Å². The Morgan fingerprint density at radius 1 is 1.15 bits per heavy atom. The Morgan fingerprint density at radius 2 is 1.91 bits per heavy atom. The molecule has 174 valence electrons. The normalized spacial score (nSPS) is 22.4. The minimum atomic E-state index is -0.668. The molecule has 2 fully saturated rings. The summed E-state index contributed by atoms with van der Waals surface area (Å²) in [6.45, 7) is 8.72. The van der Waals surface area contributed by atoms with Crippen molar-refractivity contribution in [1.82, 2.24) is 4.90 Å². The lowest BCUT2D eigenvalue weighted by Crippen LogP contribution is -2.36. The van der Waals surface area contributed by atoms with Crippen LogP contribution in [0.2, 0.25) is 0 Å². The van der Waals surface area contributed by atoms with Gasteiger partial charge in [0.2, 0.25) is 0 Å². The van der Waals surface area contributed by atoms with Gasteiger partial charge >= 0.3 is 0 Å². The zero-order valence-electron chi connectivity index (χ0n) is 19.6. The van der Waals surface area contributed by atoms with Crippen LogP contribution in [-0.4, -0.2) is 47.1 Å². The van der Waals surface area contributed by atoms with Crippen molar-refractivity contribution < 1.29 is 24.2 Å². The molecule has 6 heteroatoms. The summed E-state index contributed by atoms with van der Waals surface area (Å²) in [4.78, 5) is 27.9. The van der Waals surface area contributed by atoms with E-state index in [1.54, 1.807) is 23.1 Å². The molecule has 2 saturated heterocycles. The van der Waals surface area contributed by atoms with E-state index in [0.717, 1.165) is 35.3 Å². The Balaban J connectivity index is 1.81. The van der Waals surface area contributed by atoms with Crippen molar-refractivity contribution in [2.24, 2.45) is 0 Å². The average molecular weight is 450 g/mol. The van der Waals surface area contributed by atoms with Crippen LogP contribution in [0.1, 0.15) is 55.0 Å². The van der Waals surface area contributed by atoms with Gasteiger partial charge in [0.1, 0.15) is 11.5 Å². The second-order valence-electron chi connectivity index (χ2n) is 9.09. The van der Waals surface area contributed by atoms with Gasteiger partial charge in [-0.1, -0.05) is 24.3 Å². The molecule has 0 spiro atoms. The van der Waals surface area contributed by atoms with Gasteiger partial charge in [0, 0.05) is 18.7 Å². The molecule has 6 nitrogen and oxygen atoms in total. The number of carbonyl (C=O) groups is 2. The molecule has 4 rings (SSSR count). The molecule has 2 unspecified atom stereocenters. The summed E-state index contributed by atoms with van der Waals surface area (Å²) in [7, 11) is 0. The van der Waals surface area contributed by atoms with Gasteiger partial charge in [-0.2, -0.15) is 0 Å². The minimum absolute atomic E-state index is 0.0207. The molecule has 2 heterocycles. The summed E-state index contributed by atoms with van der Waals surface area (Å²) in [5, 5.41) is 11.3. The van der Waals surface area contributed by atoms with Crippen LogP contribution in [0.4, 0.5) is 0 Å². The standard InChI is InChI=1S/C27H31NO5/c1-16(2)33-22-12-11-19(14-18(22)4)25(29)23-24(21-10-6-5-8-17(21)3)28(27(31)26(23)30)15-20-9-7-13-32-20/h5-6,8,10-12,14,16,20,24,29H,7,9,13,15H2,1-4H3/b25-23+. The Labute approximate surface area is 194 Å². The summed E-state index contributed by atoms with van der Waals surface area (Å²) in [6, 6.07) is 12.3. The van der Waals surface area contributed by atoms with E-state index in [0.29, 0.717) is 18.7 Å². The molecule has 2 aromatic carbocycles. The largest absolute Gasteiger partial charge is 0.507 e. The predicted octanol–water partition coefficient (Wildman–Crippen LogP) is 4.69. The predicted molar refractivity (Wildman–Crippen MR) is 126 cm³/mol. The summed E-state index contributed by atoms with van der Waals surface area (Å²) in [5.41, 5.74) is 3.22. The third-order valence-corrected chi connectivity index (χ3v) is 6.26. The minimum Gasteiger partial charge on any atom is -0.507 e. The fourth-order valence-electron chi connectivity index (χ4n) is 4.63. The molecule has 2 aliphatic rings. The molecule has 1 amide bonds. The molecule has 0 bridgehead atoms. The van der Waals surface area contributed by atoms with Crippen LogP contribution >= 0.6 is 0 Å². The van der Waals surface area contributed by atoms with E-state index in [-0.39, 0.29) is 23.5 Å². The van der Waals surface area contributed by atoms with Gasteiger partial charge < -0.3 is 19.5 Å². The van der Waals surface area contributed by atoms with Gasteiger partial charge in [-0.25, -0.2) is 0 Å². The van der Waals surface area contributed by atoms with Gasteiger partial charge in [-0.3, -0.25) is 9.59 Å². The SMILES string of the molecule is Cc1cc(/C(O)=C2\C(=O)C(=O)N(CC3CCCO3)C2c2ccccc2C)ccc1OC(C)C. The van der Waals surface area contributed by atoms with Gasteiger partial charge in [0.15, 0.2) is 0 Å². The fraction of sp³-hybridized carbons (Fsp3) is 0.407. The van der Waals surface area contributed by atoms with Crippen molar-refractivity contribution in [3.05, 3.63) is 70.3 Å². The van der Waals surface area contributed by atoms with E-state index >= 15 is 0 Å². The quantitative estimate of drug-likeness (QED) is 0.393. The number of likely N-dealkylation sites (tertiary alicyclic amines) is 1. The van der Waals surface area contributed by atoms with Crippen molar-refractivity contribution in [2.45, 2.75) is 58.8 Å². The molecule has 0 saturated carbocycles. The second kappa shape index (κ2) is 9.40. The lowest BCUT2D eigenvalue weighted by atomic mass is 9.92. The average Bonchev–Trinajstić information content (AvgIpc) is 3.37. The highest BCUT2D eigenvalue weighted by Gasteiger charge is 2.47. The molecule has 0 radical (unpaired) electrons. The number of rotatable bonds is 6. The van der Waals surface area contributed by atoms with Crippen molar-refractivity contribution in [2.75, 3.05) is 13.2 Å². The van der Waals surface area contributed by atoms with Crippen molar-refractivity contribution in [3.63, 3.8) is 0 Å². The van der Waals surface area contributed by atoms with Gasteiger partial charge in [0.05, 0.1) is 23.8 Å². The van der Waals surface area contributed by atoms with Crippen molar-refractivity contribution in [1.29, 1.82) is 0 Å². The smallest absolute Gasteiger partial charge is 0.295 e. The molecule has 2 atom stereocenters. The van der Waals surface area contributed by atoms with Crippen LogP contribution in [0.25, 0.3) is 5.76 Å². The second-order valence-corrected chi connectivity index (χ2v) is 9.09. The third kappa shape index (κ3) is 4.53. The molecule has 0 aromatic heterocycles. The highest BCUT2D eigenvalue weighted by molar-refractivity contribution is 6.46. The maximum Gasteiger partial charge on any atom is 0.295 e. The first-order valence-electron chi connectivity index (χ1n) is 11.5. The number of hydrogen-bond acceptors (Lipinski definition) is 5. The Hall–Kier alpha value is -3.12. The van der Waals surface area contributed by atoms with Gasteiger partial charge in [-0.05, 0) is 75.4 Å². The number of ether oxygens (including phenoxy) is 2. The van der Waals surface area contributed by atoms with E-state index in [4.69, 9.17) is 9.47 Å². The van der Waals surface area contributed by atoms with Crippen LogP contribution in [0, 0.1) is 13.8 Å². The number of carbonyl (C=O) groups excluding carboxylic acids is 2. The van der Waals surface area contributed by atoms with Crippen LogP contribution in [0.5, 0.6) is 5.75 Å². The lowest BCUT2D eigenvalue weighted by molar-refractivity contribution is -0.140. The summed E-state index contributed by atoms with van der Waals surface area (Å²) < 4.78 is 11.6. The number of amides is 1. The number of aliphatic hydroxyl groups is 1. The van der Waals surface area contributed by atoms with Crippen LogP contribution in [-0.2, 0) is 14.3 Å². The van der Waals surface area contributed by atoms with Crippen LogP contribution < -0.4 is 4.74 Å². The zero-order valence-corrected chi connectivity index (χ0v) is 19.6. The van der Waals surface area contributed by atoms with Crippen molar-refractivity contribution >= 4 is 17.4 Å².